The van der Waals surface area contributed by atoms with Gasteiger partial charge in [-0.2, -0.15) is 13.2 Å². The van der Waals surface area contributed by atoms with Crippen molar-refractivity contribution in [3.8, 4) is 0 Å². The van der Waals surface area contributed by atoms with E-state index in [1.54, 1.807) is 0 Å². The fraction of sp³-hybridized carbons (Fsp3) is 1.00. The minimum absolute atomic E-state index is 0.0749. The maximum atomic E-state index is 12.1. The van der Waals surface area contributed by atoms with Gasteiger partial charge in [0.05, 0.1) is 13.2 Å². The van der Waals surface area contributed by atoms with Crippen molar-refractivity contribution in [2.24, 2.45) is 5.41 Å². The number of halogens is 3. The van der Waals surface area contributed by atoms with Gasteiger partial charge in [-0.3, -0.25) is 0 Å². The molecule has 0 aromatic heterocycles. The summed E-state index contributed by atoms with van der Waals surface area (Å²) in [4.78, 5) is 0. The lowest BCUT2D eigenvalue weighted by Crippen LogP contribution is -2.49. The van der Waals surface area contributed by atoms with E-state index in [1.165, 1.54) is 0 Å². The molecule has 0 radical (unpaired) electrons. The molecule has 1 N–H and O–H groups in total. The van der Waals surface area contributed by atoms with E-state index >= 15 is 0 Å². The van der Waals surface area contributed by atoms with Gasteiger partial charge < -0.3 is 14.8 Å². The van der Waals surface area contributed by atoms with Crippen LogP contribution in [0.25, 0.3) is 0 Å². The van der Waals surface area contributed by atoms with Gasteiger partial charge in [-0.15, -0.1) is 0 Å². The first-order valence-corrected chi connectivity index (χ1v) is 6.59. The fourth-order valence-corrected chi connectivity index (χ4v) is 2.05. The number of nitrogens with one attached hydrogen (secondary N) is 1. The molecule has 0 aliphatic carbocycles. The number of rotatable bonds is 5. The van der Waals surface area contributed by atoms with Crippen LogP contribution >= 0.6 is 0 Å². The van der Waals surface area contributed by atoms with E-state index in [-0.39, 0.29) is 17.6 Å². The topological polar surface area (TPSA) is 30.5 Å². The van der Waals surface area contributed by atoms with Crippen LogP contribution in [0.5, 0.6) is 0 Å². The number of hydrogen-bond acceptors (Lipinski definition) is 3. The third-order valence-corrected chi connectivity index (χ3v) is 3.07. The number of alkyl halides is 3. The van der Waals surface area contributed by atoms with Crippen LogP contribution < -0.4 is 5.32 Å². The monoisotopic (exact) mass is 283 g/mol. The highest BCUT2D eigenvalue weighted by molar-refractivity contribution is 4.87. The molecule has 1 aliphatic rings. The molecule has 1 atom stereocenters. The van der Waals surface area contributed by atoms with E-state index in [2.05, 4.69) is 5.32 Å². The highest BCUT2D eigenvalue weighted by atomic mass is 19.4. The lowest BCUT2D eigenvalue weighted by Gasteiger charge is -2.39. The zero-order valence-electron chi connectivity index (χ0n) is 11.9. The summed E-state index contributed by atoms with van der Waals surface area (Å²) in [6.07, 6.45) is -2.58. The summed E-state index contributed by atoms with van der Waals surface area (Å²) in [5.41, 5.74) is -0.425. The van der Waals surface area contributed by atoms with E-state index in [9.17, 15) is 13.2 Å². The smallest absolute Gasteiger partial charge is 0.381 e. The highest BCUT2D eigenvalue weighted by Gasteiger charge is 2.36. The Morgan fingerprint density at radius 1 is 1.26 bits per heavy atom. The third-order valence-electron chi connectivity index (χ3n) is 3.07. The van der Waals surface area contributed by atoms with E-state index in [0.717, 1.165) is 12.8 Å². The highest BCUT2D eigenvalue weighted by Crippen LogP contribution is 2.30. The average Bonchev–Trinajstić information content (AvgIpc) is 2.25. The van der Waals surface area contributed by atoms with Crippen LogP contribution in [0.3, 0.4) is 0 Å². The molecule has 1 saturated heterocycles. The van der Waals surface area contributed by atoms with E-state index in [4.69, 9.17) is 9.47 Å². The molecule has 1 unspecified atom stereocenters. The number of hydrogen-bond donors (Lipinski definition) is 1. The standard InChI is InChI=1S/C13H24F3NO2/c1-11(2,3)17-7-12(5-4-6-18-8-12)9-19-10-13(14,15)16/h17H,4-10H2,1-3H3. The first kappa shape index (κ1) is 16.7. The molecular formula is C13H24F3NO2. The first-order valence-electron chi connectivity index (χ1n) is 6.59. The molecule has 1 heterocycles. The van der Waals surface area contributed by atoms with Gasteiger partial charge in [0, 0.05) is 24.1 Å². The lowest BCUT2D eigenvalue weighted by atomic mass is 9.82. The second-order valence-corrected chi connectivity index (χ2v) is 6.37. The summed E-state index contributed by atoms with van der Waals surface area (Å²) in [6, 6.07) is 0. The Kier molecular flexibility index (Phi) is 5.65. The summed E-state index contributed by atoms with van der Waals surface area (Å²) in [6.45, 7) is 6.71. The Balaban J connectivity index is 2.50. The Labute approximate surface area is 112 Å². The van der Waals surface area contributed by atoms with Crippen molar-refractivity contribution in [2.45, 2.75) is 45.3 Å². The van der Waals surface area contributed by atoms with Crippen molar-refractivity contribution in [3.05, 3.63) is 0 Å². The van der Waals surface area contributed by atoms with Crippen molar-refractivity contribution in [1.29, 1.82) is 0 Å². The summed E-state index contributed by atoms with van der Waals surface area (Å²) in [5, 5.41) is 3.34. The maximum Gasteiger partial charge on any atom is 0.411 e. The second-order valence-electron chi connectivity index (χ2n) is 6.37. The zero-order chi connectivity index (χ0) is 14.6. The molecule has 1 aliphatic heterocycles. The first-order chi connectivity index (χ1) is 8.62. The van der Waals surface area contributed by atoms with Crippen LogP contribution in [-0.4, -0.2) is 44.7 Å². The van der Waals surface area contributed by atoms with Crippen molar-refractivity contribution < 1.29 is 22.6 Å². The fourth-order valence-electron chi connectivity index (χ4n) is 2.05. The molecule has 0 aromatic carbocycles. The van der Waals surface area contributed by atoms with E-state index in [1.807, 2.05) is 20.8 Å². The van der Waals surface area contributed by atoms with Gasteiger partial charge in [-0.25, -0.2) is 0 Å². The SMILES string of the molecule is CC(C)(C)NCC1(COCC(F)(F)F)CCCOC1. The van der Waals surface area contributed by atoms with Crippen molar-refractivity contribution in [2.75, 3.05) is 33.0 Å². The zero-order valence-corrected chi connectivity index (χ0v) is 11.9. The van der Waals surface area contributed by atoms with Crippen LogP contribution in [0, 0.1) is 5.41 Å². The molecular weight excluding hydrogens is 259 g/mol. The summed E-state index contributed by atoms with van der Waals surface area (Å²) in [7, 11) is 0. The Bertz CT molecular complexity index is 268. The Hall–Kier alpha value is -0.330. The van der Waals surface area contributed by atoms with Crippen molar-refractivity contribution in [1.82, 2.24) is 5.32 Å². The van der Waals surface area contributed by atoms with Gasteiger partial charge >= 0.3 is 6.18 Å². The van der Waals surface area contributed by atoms with E-state index < -0.39 is 12.8 Å². The lowest BCUT2D eigenvalue weighted by molar-refractivity contribution is -0.186. The van der Waals surface area contributed by atoms with Crippen molar-refractivity contribution in [3.63, 3.8) is 0 Å². The molecule has 0 spiro atoms. The largest absolute Gasteiger partial charge is 0.411 e. The summed E-state index contributed by atoms with van der Waals surface area (Å²) in [5.74, 6) is 0. The molecule has 1 fully saturated rings. The van der Waals surface area contributed by atoms with Gasteiger partial charge in [0.2, 0.25) is 0 Å². The average molecular weight is 283 g/mol. The molecule has 0 amide bonds. The van der Waals surface area contributed by atoms with Gasteiger partial charge in [-0.1, -0.05) is 0 Å². The van der Waals surface area contributed by atoms with Gasteiger partial charge in [-0.05, 0) is 33.6 Å². The van der Waals surface area contributed by atoms with Gasteiger partial charge in [0.15, 0.2) is 0 Å². The molecule has 6 heteroatoms. The summed E-state index contributed by atoms with van der Waals surface area (Å²) < 4.78 is 46.7. The molecule has 0 aromatic rings. The Morgan fingerprint density at radius 3 is 2.42 bits per heavy atom. The van der Waals surface area contributed by atoms with Crippen LogP contribution in [0.15, 0.2) is 0 Å². The normalized spacial score (nSPS) is 25.6. The summed E-state index contributed by atoms with van der Waals surface area (Å²) >= 11 is 0. The quantitative estimate of drug-likeness (QED) is 0.841. The van der Waals surface area contributed by atoms with Crippen LogP contribution in [-0.2, 0) is 9.47 Å². The Morgan fingerprint density at radius 2 is 1.95 bits per heavy atom. The van der Waals surface area contributed by atoms with Crippen LogP contribution in [0.1, 0.15) is 33.6 Å². The molecule has 0 saturated carbocycles. The predicted octanol–water partition coefficient (Wildman–Crippen LogP) is 2.75. The van der Waals surface area contributed by atoms with Crippen LogP contribution in [0.2, 0.25) is 0 Å². The van der Waals surface area contributed by atoms with Gasteiger partial charge in [0.25, 0.3) is 0 Å². The molecule has 3 nitrogen and oxygen atoms in total. The van der Waals surface area contributed by atoms with Crippen LogP contribution in [0.4, 0.5) is 13.2 Å². The molecule has 19 heavy (non-hydrogen) atoms. The molecule has 114 valence electrons. The third kappa shape index (κ3) is 7.13. The second kappa shape index (κ2) is 6.41. The minimum Gasteiger partial charge on any atom is -0.381 e. The predicted molar refractivity (Wildman–Crippen MR) is 67.1 cm³/mol. The van der Waals surface area contributed by atoms with E-state index in [0.29, 0.717) is 19.8 Å². The van der Waals surface area contributed by atoms with Crippen molar-refractivity contribution >= 4 is 0 Å². The molecule has 1 rings (SSSR count). The van der Waals surface area contributed by atoms with Gasteiger partial charge in [0.1, 0.15) is 6.61 Å². The molecule has 0 bridgehead atoms. The number of ether oxygens (including phenoxy) is 2. The maximum absolute atomic E-state index is 12.1. The minimum atomic E-state index is -4.27.